The predicted octanol–water partition coefficient (Wildman–Crippen LogP) is 2.18. The molecule has 23 heavy (non-hydrogen) atoms. The lowest BCUT2D eigenvalue weighted by Gasteiger charge is -2.31. The molecule has 118 valence electrons. The molecule has 2 aliphatic rings. The van der Waals surface area contributed by atoms with Gasteiger partial charge in [0.1, 0.15) is 11.2 Å². The molecule has 2 N–H and O–H groups in total. The van der Waals surface area contributed by atoms with Crippen LogP contribution >= 0.6 is 0 Å². The molecule has 1 atom stereocenters. The monoisotopic (exact) mass is 310 g/mol. The largest absolute Gasteiger partial charge is 0.311 e. The molecule has 1 aromatic heterocycles. The van der Waals surface area contributed by atoms with Gasteiger partial charge in [0.25, 0.3) is 0 Å². The third-order valence-electron chi connectivity index (χ3n) is 4.79. The molecule has 6 heteroatoms. The van der Waals surface area contributed by atoms with E-state index in [-0.39, 0.29) is 18.2 Å². The second-order valence-corrected chi connectivity index (χ2v) is 6.12. The molecule has 0 radical (unpaired) electrons. The lowest BCUT2D eigenvalue weighted by molar-refractivity contribution is -0.126. The van der Waals surface area contributed by atoms with E-state index in [1.165, 1.54) is 0 Å². The zero-order valence-corrected chi connectivity index (χ0v) is 12.9. The number of H-pyrrole nitrogens is 1. The topological polar surface area (TPSA) is 78.1 Å². The van der Waals surface area contributed by atoms with Gasteiger partial charge in [-0.1, -0.05) is 31.5 Å². The van der Waals surface area contributed by atoms with Gasteiger partial charge >= 0.3 is 0 Å². The van der Waals surface area contributed by atoms with Crippen molar-refractivity contribution in [2.24, 2.45) is 0 Å². The van der Waals surface area contributed by atoms with Crippen molar-refractivity contribution in [1.82, 2.24) is 10.2 Å². The van der Waals surface area contributed by atoms with E-state index in [2.05, 4.69) is 22.4 Å². The number of para-hydroxylation sites is 1. The number of rotatable bonds is 3. The Morgan fingerprint density at radius 3 is 2.91 bits per heavy atom. The normalized spacial score (nSPS) is 22.2. The molecular formula is C17H18N4O2. The molecule has 0 bridgehead atoms. The van der Waals surface area contributed by atoms with Crippen LogP contribution in [0.15, 0.2) is 30.5 Å². The molecule has 4 rings (SSSR count). The Hall–Kier alpha value is -2.63. The minimum absolute atomic E-state index is 0.0235. The summed E-state index contributed by atoms with van der Waals surface area (Å²) in [6.45, 7) is 2.77. The predicted molar refractivity (Wildman–Crippen MR) is 86.3 cm³/mol. The maximum atomic E-state index is 13.4. The molecule has 0 saturated carbocycles. The fourth-order valence-electron chi connectivity index (χ4n) is 3.72. The van der Waals surface area contributed by atoms with Crippen molar-refractivity contribution >= 4 is 23.3 Å². The maximum absolute atomic E-state index is 13.4. The summed E-state index contributed by atoms with van der Waals surface area (Å²) < 4.78 is 0. The third kappa shape index (κ3) is 1.78. The second kappa shape index (κ2) is 4.94. The molecule has 2 aliphatic heterocycles. The summed E-state index contributed by atoms with van der Waals surface area (Å²) in [5.74, 6) is 0.341. The van der Waals surface area contributed by atoms with Crippen LogP contribution in [0.5, 0.6) is 0 Å². The number of hydrogen-bond acceptors (Lipinski definition) is 3. The molecule has 1 aromatic carbocycles. The van der Waals surface area contributed by atoms with Gasteiger partial charge in [-0.15, -0.1) is 0 Å². The van der Waals surface area contributed by atoms with Crippen LogP contribution in [-0.2, 0) is 15.0 Å². The number of unbranched alkanes of at least 4 members (excludes halogenated alkanes) is 1. The fraction of sp³-hybridized carbons (Fsp3) is 0.353. The van der Waals surface area contributed by atoms with E-state index in [0.717, 1.165) is 29.7 Å². The number of aromatic amines is 1. The van der Waals surface area contributed by atoms with Crippen molar-refractivity contribution in [2.75, 3.05) is 16.8 Å². The Balaban J connectivity index is 1.93. The van der Waals surface area contributed by atoms with E-state index >= 15 is 0 Å². The Morgan fingerprint density at radius 2 is 2.09 bits per heavy atom. The molecule has 3 heterocycles. The maximum Gasteiger partial charge on any atom is 0.242 e. The van der Waals surface area contributed by atoms with Crippen LogP contribution in [0.25, 0.3) is 0 Å². The Kier molecular flexibility index (Phi) is 3.01. The SMILES string of the molecule is CCCCN1C(=O)[C@]2(CC(=O)Nc3[nH]ncc32)c2ccccc21. The minimum Gasteiger partial charge on any atom is -0.311 e. The number of carbonyl (C=O) groups is 2. The Morgan fingerprint density at radius 1 is 1.26 bits per heavy atom. The first-order valence-corrected chi connectivity index (χ1v) is 7.93. The molecule has 0 aliphatic carbocycles. The number of aromatic nitrogens is 2. The van der Waals surface area contributed by atoms with Crippen LogP contribution < -0.4 is 10.2 Å². The van der Waals surface area contributed by atoms with Gasteiger partial charge < -0.3 is 10.2 Å². The molecule has 0 saturated heterocycles. The van der Waals surface area contributed by atoms with Crippen LogP contribution in [0.1, 0.15) is 37.3 Å². The minimum atomic E-state index is -0.949. The number of benzene rings is 1. The van der Waals surface area contributed by atoms with Crippen LogP contribution in [0.4, 0.5) is 11.5 Å². The van der Waals surface area contributed by atoms with Gasteiger partial charge in [0, 0.05) is 24.2 Å². The van der Waals surface area contributed by atoms with E-state index in [9.17, 15) is 9.59 Å². The molecule has 2 amide bonds. The first kappa shape index (κ1) is 14.0. The number of amides is 2. The highest BCUT2D eigenvalue weighted by Crippen LogP contribution is 2.51. The zero-order chi connectivity index (χ0) is 16.0. The van der Waals surface area contributed by atoms with E-state index < -0.39 is 5.41 Å². The number of nitrogens with one attached hydrogen (secondary N) is 2. The highest BCUT2D eigenvalue weighted by Gasteiger charge is 2.56. The van der Waals surface area contributed by atoms with Gasteiger partial charge in [-0.2, -0.15) is 5.10 Å². The van der Waals surface area contributed by atoms with E-state index in [0.29, 0.717) is 12.4 Å². The van der Waals surface area contributed by atoms with E-state index in [1.54, 1.807) is 6.20 Å². The summed E-state index contributed by atoms with van der Waals surface area (Å²) in [5.41, 5.74) is 1.62. The molecule has 6 nitrogen and oxygen atoms in total. The highest BCUT2D eigenvalue weighted by molar-refractivity contribution is 6.15. The summed E-state index contributed by atoms with van der Waals surface area (Å²) >= 11 is 0. The van der Waals surface area contributed by atoms with Crippen molar-refractivity contribution in [3.8, 4) is 0 Å². The van der Waals surface area contributed by atoms with Crippen LogP contribution in [0.3, 0.4) is 0 Å². The second-order valence-electron chi connectivity index (χ2n) is 6.12. The van der Waals surface area contributed by atoms with E-state index in [1.807, 2.05) is 29.2 Å². The summed E-state index contributed by atoms with van der Waals surface area (Å²) in [6.07, 6.45) is 3.72. The van der Waals surface area contributed by atoms with Crippen LogP contribution in [0, 0.1) is 0 Å². The Labute approximate surface area is 133 Å². The van der Waals surface area contributed by atoms with Crippen LogP contribution in [0.2, 0.25) is 0 Å². The molecule has 1 spiro atoms. The number of anilines is 2. The number of hydrogen-bond donors (Lipinski definition) is 2. The smallest absolute Gasteiger partial charge is 0.242 e. The lowest BCUT2D eigenvalue weighted by atomic mass is 9.72. The summed E-state index contributed by atoms with van der Waals surface area (Å²) in [6, 6.07) is 7.77. The molecule has 0 fully saturated rings. The first-order valence-electron chi connectivity index (χ1n) is 7.93. The van der Waals surface area contributed by atoms with Crippen molar-refractivity contribution in [1.29, 1.82) is 0 Å². The highest BCUT2D eigenvalue weighted by atomic mass is 16.2. The average molecular weight is 310 g/mol. The average Bonchev–Trinajstić information content (AvgIpc) is 3.10. The zero-order valence-electron chi connectivity index (χ0n) is 12.9. The first-order chi connectivity index (χ1) is 11.2. The van der Waals surface area contributed by atoms with Gasteiger partial charge in [0.05, 0.1) is 6.20 Å². The van der Waals surface area contributed by atoms with Gasteiger partial charge in [0.2, 0.25) is 11.8 Å². The number of nitrogens with zero attached hydrogens (tertiary/aromatic N) is 2. The summed E-state index contributed by atoms with van der Waals surface area (Å²) in [7, 11) is 0. The van der Waals surface area contributed by atoms with Crippen molar-refractivity contribution in [2.45, 2.75) is 31.6 Å². The third-order valence-corrected chi connectivity index (χ3v) is 4.79. The van der Waals surface area contributed by atoms with Crippen molar-refractivity contribution in [3.05, 3.63) is 41.6 Å². The number of fused-ring (bicyclic) bond motifs is 4. The fourth-order valence-corrected chi connectivity index (χ4v) is 3.72. The quantitative estimate of drug-likeness (QED) is 0.912. The number of carbonyl (C=O) groups excluding carboxylic acids is 2. The molecular weight excluding hydrogens is 292 g/mol. The van der Waals surface area contributed by atoms with Gasteiger partial charge in [-0.25, -0.2) is 0 Å². The van der Waals surface area contributed by atoms with Gasteiger partial charge in [-0.3, -0.25) is 14.7 Å². The van der Waals surface area contributed by atoms with Crippen molar-refractivity contribution in [3.63, 3.8) is 0 Å². The lowest BCUT2D eigenvalue weighted by Crippen LogP contribution is -2.46. The summed E-state index contributed by atoms with van der Waals surface area (Å²) in [5, 5.41) is 9.61. The summed E-state index contributed by atoms with van der Waals surface area (Å²) in [4.78, 5) is 27.4. The molecule has 0 unspecified atom stereocenters. The van der Waals surface area contributed by atoms with E-state index in [4.69, 9.17) is 0 Å². The Bertz CT molecular complexity index is 797. The van der Waals surface area contributed by atoms with Crippen molar-refractivity contribution < 1.29 is 9.59 Å². The van der Waals surface area contributed by atoms with Gasteiger partial charge in [0.15, 0.2) is 0 Å². The molecule has 2 aromatic rings. The standard InChI is InChI=1S/C17H18N4O2/c1-2-3-8-21-13-7-5-4-6-11(13)17(16(21)23)9-14(22)19-15-12(17)10-18-20-15/h4-7,10H,2-3,8-9H2,1H3,(H2,18,19,20,22)/t17-/m1/s1. The van der Waals surface area contributed by atoms with Gasteiger partial charge in [-0.05, 0) is 18.1 Å². The van der Waals surface area contributed by atoms with Crippen LogP contribution in [-0.4, -0.2) is 28.6 Å².